The first-order chi connectivity index (χ1) is 13.1. The fourth-order valence-corrected chi connectivity index (χ4v) is 3.76. The van der Waals surface area contributed by atoms with E-state index in [1.165, 1.54) is 11.3 Å². The molecule has 0 fully saturated rings. The van der Waals surface area contributed by atoms with Gasteiger partial charge in [-0.2, -0.15) is 0 Å². The van der Waals surface area contributed by atoms with Crippen LogP contribution in [0.1, 0.15) is 27.9 Å². The molecule has 6 nitrogen and oxygen atoms in total. The van der Waals surface area contributed by atoms with Crippen molar-refractivity contribution in [3.8, 4) is 5.75 Å². The summed E-state index contributed by atoms with van der Waals surface area (Å²) < 4.78 is 5.50. The molecule has 2 aliphatic rings. The van der Waals surface area contributed by atoms with Crippen molar-refractivity contribution in [2.24, 2.45) is 0 Å². The first-order valence-electron chi connectivity index (χ1n) is 9.11. The zero-order valence-corrected chi connectivity index (χ0v) is 15.3. The largest absolute Gasteiger partial charge is 0.482 e. The fraction of sp³-hybridized carbons (Fsp3) is 0.333. The number of benzene rings is 2. The minimum Gasteiger partial charge on any atom is -0.482 e. The molecule has 6 heteroatoms. The fourth-order valence-electron chi connectivity index (χ4n) is 3.76. The molecular weight excluding hydrogens is 344 g/mol. The summed E-state index contributed by atoms with van der Waals surface area (Å²) in [5, 5.41) is 9.11. The lowest BCUT2D eigenvalue weighted by Crippen LogP contribution is -2.38. The number of aliphatic hydroxyl groups excluding tert-OH is 1. The Kier molecular flexibility index (Phi) is 4.58. The number of aliphatic hydroxyl groups is 1. The lowest BCUT2D eigenvalue weighted by molar-refractivity contribution is -0.121. The third kappa shape index (κ3) is 3.28. The highest BCUT2D eigenvalue weighted by atomic mass is 16.5. The zero-order valence-electron chi connectivity index (χ0n) is 15.3. The third-order valence-corrected chi connectivity index (χ3v) is 5.20. The van der Waals surface area contributed by atoms with Crippen LogP contribution in [0.2, 0.25) is 0 Å². The van der Waals surface area contributed by atoms with Crippen molar-refractivity contribution in [3.63, 3.8) is 0 Å². The summed E-state index contributed by atoms with van der Waals surface area (Å²) in [4.78, 5) is 28.3. The number of carbonyl (C=O) groups is 2. The van der Waals surface area contributed by atoms with Crippen molar-refractivity contribution < 1.29 is 19.4 Å². The number of anilines is 2. The van der Waals surface area contributed by atoms with Gasteiger partial charge >= 0.3 is 0 Å². The van der Waals surface area contributed by atoms with Gasteiger partial charge in [0.2, 0.25) is 0 Å². The van der Waals surface area contributed by atoms with Crippen LogP contribution in [0.3, 0.4) is 0 Å². The van der Waals surface area contributed by atoms with Crippen LogP contribution in [0.25, 0.3) is 0 Å². The molecule has 0 bridgehead atoms. The Morgan fingerprint density at radius 3 is 2.85 bits per heavy atom. The maximum absolute atomic E-state index is 12.5. The molecule has 0 spiro atoms. The van der Waals surface area contributed by atoms with Gasteiger partial charge in [0.15, 0.2) is 12.4 Å². The number of amides is 1. The first kappa shape index (κ1) is 17.5. The summed E-state index contributed by atoms with van der Waals surface area (Å²) in [6, 6.07) is 11.2. The highest BCUT2D eigenvalue weighted by Gasteiger charge is 2.27. The summed E-state index contributed by atoms with van der Waals surface area (Å²) in [7, 11) is 2.10. The lowest BCUT2D eigenvalue weighted by atomic mass is 9.99. The Hall–Kier alpha value is -2.86. The Labute approximate surface area is 158 Å². The Morgan fingerprint density at radius 2 is 2.04 bits per heavy atom. The molecule has 4 rings (SSSR count). The van der Waals surface area contributed by atoms with Crippen LogP contribution >= 0.6 is 0 Å². The number of rotatable bonds is 4. The molecule has 0 radical (unpaired) electrons. The van der Waals surface area contributed by atoms with Gasteiger partial charge in [-0.1, -0.05) is 12.1 Å². The van der Waals surface area contributed by atoms with Gasteiger partial charge in [0.1, 0.15) is 12.4 Å². The van der Waals surface area contributed by atoms with E-state index in [0.29, 0.717) is 23.5 Å². The van der Waals surface area contributed by atoms with E-state index in [-0.39, 0.29) is 18.3 Å². The van der Waals surface area contributed by atoms with Crippen molar-refractivity contribution in [1.29, 1.82) is 0 Å². The second kappa shape index (κ2) is 7.04. The van der Waals surface area contributed by atoms with Crippen molar-refractivity contribution in [2.75, 3.05) is 36.6 Å². The molecule has 0 unspecified atom stereocenters. The average molecular weight is 366 g/mol. The minimum atomic E-state index is -0.564. The number of ketones is 1. The number of nitrogens with zero attached hydrogens (tertiary/aromatic N) is 2. The predicted molar refractivity (Wildman–Crippen MR) is 103 cm³/mol. The van der Waals surface area contributed by atoms with Crippen LogP contribution in [-0.4, -0.2) is 43.6 Å². The van der Waals surface area contributed by atoms with Crippen LogP contribution < -0.4 is 14.5 Å². The summed E-state index contributed by atoms with van der Waals surface area (Å²) in [5.74, 6) is 0.0420. The van der Waals surface area contributed by atoms with Crippen LogP contribution in [0, 0.1) is 0 Å². The van der Waals surface area contributed by atoms with Crippen LogP contribution in [0.15, 0.2) is 36.4 Å². The molecular formula is C21H22N2O4. The summed E-state index contributed by atoms with van der Waals surface area (Å²) in [6.07, 6.45) is 2.16. The maximum Gasteiger partial charge on any atom is 0.265 e. The number of fused-ring (bicyclic) bond motifs is 2. The molecule has 2 aromatic carbocycles. The molecule has 27 heavy (non-hydrogen) atoms. The lowest BCUT2D eigenvalue weighted by Gasteiger charge is -2.31. The molecule has 0 saturated heterocycles. The predicted octanol–water partition coefficient (Wildman–Crippen LogP) is 2.17. The van der Waals surface area contributed by atoms with E-state index in [4.69, 9.17) is 9.84 Å². The highest BCUT2D eigenvalue weighted by molar-refractivity contribution is 6.02. The summed E-state index contributed by atoms with van der Waals surface area (Å²) in [6.45, 7) is 0.895. The van der Waals surface area contributed by atoms with Crippen molar-refractivity contribution in [1.82, 2.24) is 0 Å². The van der Waals surface area contributed by atoms with Crippen LogP contribution in [-0.2, 0) is 17.8 Å². The van der Waals surface area contributed by atoms with Gasteiger partial charge in [0.25, 0.3) is 5.91 Å². The molecule has 0 aromatic heterocycles. The highest BCUT2D eigenvalue weighted by Crippen LogP contribution is 2.35. The van der Waals surface area contributed by atoms with Gasteiger partial charge in [-0.05, 0) is 48.2 Å². The topological polar surface area (TPSA) is 70.1 Å². The third-order valence-electron chi connectivity index (χ3n) is 5.20. The second-order valence-corrected chi connectivity index (χ2v) is 7.02. The Balaban J connectivity index is 1.66. The van der Waals surface area contributed by atoms with E-state index in [2.05, 4.69) is 24.1 Å². The monoisotopic (exact) mass is 366 g/mol. The summed E-state index contributed by atoms with van der Waals surface area (Å²) in [5.41, 5.74) is 4.53. The standard InChI is InChI=1S/C21H22N2O4/c1-22-8-2-3-15-9-14(4-6-17(15)22)11-23-18-10-16(19(25)12-24)5-7-20(18)27-13-21(23)26/h4-7,9-10,24H,2-3,8,11-13H2,1H3. The molecule has 0 saturated carbocycles. The normalized spacial score (nSPS) is 15.9. The van der Waals surface area contributed by atoms with Gasteiger partial charge in [-0.15, -0.1) is 0 Å². The van der Waals surface area contributed by atoms with Gasteiger partial charge in [0.05, 0.1) is 12.2 Å². The van der Waals surface area contributed by atoms with Crippen molar-refractivity contribution in [3.05, 3.63) is 53.1 Å². The molecule has 2 aromatic rings. The van der Waals surface area contributed by atoms with E-state index < -0.39 is 6.61 Å². The van der Waals surface area contributed by atoms with Gasteiger partial charge in [-0.3, -0.25) is 9.59 Å². The van der Waals surface area contributed by atoms with E-state index in [0.717, 1.165) is 24.9 Å². The minimum absolute atomic E-state index is 0.0199. The van der Waals surface area contributed by atoms with Crippen LogP contribution in [0.4, 0.5) is 11.4 Å². The van der Waals surface area contributed by atoms with Crippen molar-refractivity contribution >= 4 is 23.1 Å². The number of ether oxygens (including phenoxy) is 1. The number of carbonyl (C=O) groups excluding carboxylic acids is 2. The van der Waals surface area contributed by atoms with Crippen molar-refractivity contribution in [2.45, 2.75) is 19.4 Å². The number of hydrogen-bond acceptors (Lipinski definition) is 5. The molecule has 140 valence electrons. The second-order valence-electron chi connectivity index (χ2n) is 7.02. The van der Waals surface area contributed by atoms with E-state index in [1.807, 2.05) is 6.07 Å². The Bertz CT molecular complexity index is 909. The van der Waals surface area contributed by atoms with E-state index in [9.17, 15) is 9.59 Å². The zero-order chi connectivity index (χ0) is 19.0. The van der Waals surface area contributed by atoms with Crippen LogP contribution in [0.5, 0.6) is 5.75 Å². The van der Waals surface area contributed by atoms with Gasteiger partial charge < -0.3 is 19.6 Å². The number of Topliss-reactive ketones (excluding diaryl/α,β-unsaturated/α-hetero) is 1. The average Bonchev–Trinajstić information content (AvgIpc) is 2.69. The van der Waals surface area contributed by atoms with Gasteiger partial charge in [-0.25, -0.2) is 0 Å². The summed E-state index contributed by atoms with van der Waals surface area (Å²) >= 11 is 0. The molecule has 2 aliphatic heterocycles. The quantitative estimate of drug-likeness (QED) is 0.840. The van der Waals surface area contributed by atoms with E-state index >= 15 is 0 Å². The Morgan fingerprint density at radius 1 is 1.19 bits per heavy atom. The molecule has 2 heterocycles. The van der Waals surface area contributed by atoms with E-state index in [1.54, 1.807) is 23.1 Å². The number of hydrogen-bond donors (Lipinski definition) is 1. The first-order valence-corrected chi connectivity index (χ1v) is 9.11. The molecule has 0 aliphatic carbocycles. The number of aryl methyl sites for hydroxylation is 1. The van der Waals surface area contributed by atoms with Gasteiger partial charge in [0, 0.05) is 24.8 Å². The maximum atomic E-state index is 12.5. The molecule has 1 N–H and O–H groups in total. The smallest absolute Gasteiger partial charge is 0.265 e. The molecule has 1 amide bonds. The SMILES string of the molecule is CN1CCCc2cc(CN3C(=O)COc4ccc(C(=O)CO)cc43)ccc21. The molecule has 0 atom stereocenters.